The van der Waals surface area contributed by atoms with Gasteiger partial charge in [0.1, 0.15) is 5.75 Å². The molecule has 6 atom stereocenters. The van der Waals surface area contributed by atoms with E-state index in [0.717, 1.165) is 5.57 Å². The second kappa shape index (κ2) is 9.89. The van der Waals surface area contributed by atoms with Crippen LogP contribution in [0.25, 0.3) is 0 Å². The molecule has 2 aliphatic heterocycles. The number of aryl methyl sites for hydroxylation is 1. The number of phenols is 1. The van der Waals surface area contributed by atoms with E-state index in [1.165, 1.54) is 4.90 Å². The Bertz CT molecular complexity index is 1820. The molecule has 2 heterocycles. The average Bonchev–Trinajstić information content (AvgIpc) is 3.39. The van der Waals surface area contributed by atoms with E-state index in [9.17, 15) is 24.3 Å². The SMILES string of the molecule is Cc1cc(C2C3=CCC4C(=O)N(C(N)=O)C(=O)C4C3CC3C(=O)N(c4cccc(Cl)c4)C(=O)C32c2ccccc2)ccc1O. The number of phenolic OH excluding ortho intramolecular Hbond substituents is 1. The van der Waals surface area contributed by atoms with Crippen LogP contribution >= 0.6 is 11.6 Å². The molecule has 3 aromatic rings. The topological polar surface area (TPSA) is 138 Å². The molecule has 0 spiro atoms. The molecule has 0 aromatic heterocycles. The number of halogens is 1. The van der Waals surface area contributed by atoms with Gasteiger partial charge in [-0.2, -0.15) is 4.90 Å². The number of amides is 6. The minimum Gasteiger partial charge on any atom is -0.508 e. The number of nitrogens with zero attached hydrogens (tertiary/aromatic N) is 2. The number of nitrogens with two attached hydrogens (primary N) is 1. The lowest BCUT2D eigenvalue weighted by Crippen LogP contribution is -2.53. The number of hydrogen-bond acceptors (Lipinski definition) is 6. The second-order valence-corrected chi connectivity index (χ2v) is 12.4. The quantitative estimate of drug-likeness (QED) is 0.329. The van der Waals surface area contributed by atoms with Crippen molar-refractivity contribution in [3.63, 3.8) is 0 Å². The van der Waals surface area contributed by atoms with Crippen molar-refractivity contribution in [1.29, 1.82) is 0 Å². The minimum absolute atomic E-state index is 0.0761. The predicted molar refractivity (Wildman–Crippen MR) is 160 cm³/mol. The summed E-state index contributed by atoms with van der Waals surface area (Å²) in [7, 11) is 0. The number of rotatable bonds is 3. The maximum atomic E-state index is 15.1. The first-order valence-corrected chi connectivity index (χ1v) is 14.8. The van der Waals surface area contributed by atoms with E-state index in [4.69, 9.17) is 17.3 Å². The van der Waals surface area contributed by atoms with Crippen LogP contribution in [-0.4, -0.2) is 39.7 Å². The number of hydrogen-bond donors (Lipinski definition) is 2. The Balaban J connectivity index is 1.51. The number of carbonyl (C=O) groups excluding carboxylic acids is 5. The summed E-state index contributed by atoms with van der Waals surface area (Å²) in [5, 5.41) is 10.8. The van der Waals surface area contributed by atoms with Gasteiger partial charge in [-0.25, -0.2) is 9.69 Å². The van der Waals surface area contributed by atoms with Crippen molar-refractivity contribution < 1.29 is 29.1 Å². The lowest BCUT2D eigenvalue weighted by atomic mass is 9.49. The third-order valence-electron chi connectivity index (χ3n) is 9.94. The number of likely N-dealkylation sites (tertiary alicyclic amines) is 1. The van der Waals surface area contributed by atoms with E-state index < -0.39 is 64.7 Å². The molecule has 3 fully saturated rings. The summed E-state index contributed by atoms with van der Waals surface area (Å²) in [6.07, 6.45) is 2.17. The summed E-state index contributed by atoms with van der Waals surface area (Å²) in [5.74, 6) is -6.11. The number of imide groups is 4. The van der Waals surface area contributed by atoms with Gasteiger partial charge >= 0.3 is 6.03 Å². The average molecular weight is 610 g/mol. The Kier molecular flexibility index (Phi) is 6.30. The Morgan fingerprint density at radius 1 is 0.932 bits per heavy atom. The number of carbonyl (C=O) groups is 5. The molecule has 9 nitrogen and oxygen atoms in total. The highest BCUT2D eigenvalue weighted by Crippen LogP contribution is 2.64. The highest BCUT2D eigenvalue weighted by Gasteiger charge is 2.70. The lowest BCUT2D eigenvalue weighted by molar-refractivity contribution is -0.136. The van der Waals surface area contributed by atoms with Gasteiger partial charge in [0.15, 0.2) is 0 Å². The second-order valence-electron chi connectivity index (χ2n) is 12.0. The molecule has 6 unspecified atom stereocenters. The van der Waals surface area contributed by atoms with Crippen LogP contribution in [0.15, 0.2) is 84.4 Å². The standard InChI is InChI=1S/C34H28ClN3O6/c1-17-14-18(10-13-26(17)39)28-22-11-12-23-27(31(42)38(29(23)40)33(36)44)24(22)16-25-30(41)37(21-9-5-8-20(35)15-21)32(43)34(25,28)19-6-3-2-4-7-19/h2-11,13-15,23-25,27-28,39H,12,16H2,1H3,(H2,36,44). The molecule has 0 radical (unpaired) electrons. The molecular weight excluding hydrogens is 582 g/mol. The lowest BCUT2D eigenvalue weighted by Gasteiger charge is -2.50. The van der Waals surface area contributed by atoms with Crippen LogP contribution in [0.4, 0.5) is 10.5 Å². The number of benzene rings is 3. The first-order valence-electron chi connectivity index (χ1n) is 14.4. The molecule has 3 N–H and O–H groups in total. The molecule has 4 aliphatic rings. The minimum atomic E-state index is -1.42. The van der Waals surface area contributed by atoms with Crippen LogP contribution in [0.5, 0.6) is 5.75 Å². The van der Waals surface area contributed by atoms with Crippen molar-refractivity contribution in [2.45, 2.75) is 31.1 Å². The Labute approximate surface area is 257 Å². The summed E-state index contributed by atoms with van der Waals surface area (Å²) in [6, 6.07) is 19.7. The van der Waals surface area contributed by atoms with E-state index in [1.54, 1.807) is 49.4 Å². The van der Waals surface area contributed by atoms with Gasteiger partial charge in [0.25, 0.3) is 0 Å². The van der Waals surface area contributed by atoms with Gasteiger partial charge in [0, 0.05) is 10.9 Å². The smallest absolute Gasteiger partial charge is 0.328 e. The summed E-state index contributed by atoms with van der Waals surface area (Å²) in [4.78, 5) is 70.4. The van der Waals surface area contributed by atoms with Crippen LogP contribution in [0.2, 0.25) is 5.02 Å². The molecular formula is C34H28ClN3O6. The summed E-state index contributed by atoms with van der Waals surface area (Å²) >= 11 is 6.32. The number of primary amides is 1. The van der Waals surface area contributed by atoms with Crippen LogP contribution in [0, 0.1) is 30.6 Å². The zero-order valence-electron chi connectivity index (χ0n) is 23.6. The number of aromatic hydroxyl groups is 1. The molecule has 1 saturated carbocycles. The fraction of sp³-hybridized carbons (Fsp3) is 0.265. The van der Waals surface area contributed by atoms with Gasteiger partial charge in [0.2, 0.25) is 23.6 Å². The maximum Gasteiger partial charge on any atom is 0.328 e. The summed E-state index contributed by atoms with van der Waals surface area (Å²) in [5.41, 5.74) is 7.01. The highest BCUT2D eigenvalue weighted by atomic mass is 35.5. The van der Waals surface area contributed by atoms with Crippen molar-refractivity contribution in [3.8, 4) is 5.75 Å². The Hall–Kier alpha value is -4.76. The van der Waals surface area contributed by atoms with Crippen LogP contribution < -0.4 is 10.6 Å². The fourth-order valence-electron chi connectivity index (χ4n) is 8.19. The molecule has 3 aromatic carbocycles. The van der Waals surface area contributed by atoms with Gasteiger partial charge in [-0.15, -0.1) is 0 Å². The first kappa shape index (κ1) is 28.0. The van der Waals surface area contributed by atoms with E-state index in [1.807, 2.05) is 36.4 Å². The van der Waals surface area contributed by atoms with Crippen LogP contribution in [-0.2, 0) is 24.6 Å². The van der Waals surface area contributed by atoms with Gasteiger partial charge < -0.3 is 10.8 Å². The summed E-state index contributed by atoms with van der Waals surface area (Å²) < 4.78 is 0. The molecule has 7 rings (SSSR count). The monoisotopic (exact) mass is 609 g/mol. The summed E-state index contributed by atoms with van der Waals surface area (Å²) in [6.45, 7) is 1.75. The highest BCUT2D eigenvalue weighted by molar-refractivity contribution is 6.32. The van der Waals surface area contributed by atoms with E-state index in [2.05, 4.69) is 0 Å². The Morgan fingerprint density at radius 2 is 1.68 bits per heavy atom. The number of allylic oxidation sites excluding steroid dienone is 2. The number of fused-ring (bicyclic) bond motifs is 4. The van der Waals surface area contributed by atoms with E-state index in [-0.39, 0.29) is 18.6 Å². The maximum absolute atomic E-state index is 15.1. The van der Waals surface area contributed by atoms with Crippen molar-refractivity contribution in [2.24, 2.45) is 29.4 Å². The molecule has 6 amide bonds. The predicted octanol–water partition coefficient (Wildman–Crippen LogP) is 4.60. The largest absolute Gasteiger partial charge is 0.508 e. The third-order valence-corrected chi connectivity index (χ3v) is 10.2. The van der Waals surface area contributed by atoms with E-state index in [0.29, 0.717) is 32.3 Å². The molecule has 44 heavy (non-hydrogen) atoms. The van der Waals surface area contributed by atoms with Crippen LogP contribution in [0.1, 0.15) is 35.4 Å². The van der Waals surface area contributed by atoms with Gasteiger partial charge in [-0.05, 0) is 66.6 Å². The van der Waals surface area contributed by atoms with Crippen molar-refractivity contribution in [2.75, 3.05) is 4.90 Å². The molecule has 2 aliphatic carbocycles. The third kappa shape index (κ3) is 3.68. The molecule has 10 heteroatoms. The Morgan fingerprint density at radius 3 is 2.36 bits per heavy atom. The normalized spacial score (nSPS) is 29.3. The van der Waals surface area contributed by atoms with E-state index >= 15 is 4.79 Å². The molecule has 0 bridgehead atoms. The van der Waals surface area contributed by atoms with Crippen molar-refractivity contribution in [3.05, 3.63) is 106 Å². The molecule has 222 valence electrons. The van der Waals surface area contributed by atoms with Gasteiger partial charge in [-0.3, -0.25) is 19.2 Å². The number of anilines is 1. The zero-order chi connectivity index (χ0) is 31.1. The fourth-order valence-corrected chi connectivity index (χ4v) is 8.38. The zero-order valence-corrected chi connectivity index (χ0v) is 24.4. The van der Waals surface area contributed by atoms with Crippen LogP contribution in [0.3, 0.4) is 0 Å². The van der Waals surface area contributed by atoms with Crippen molar-refractivity contribution >= 4 is 46.9 Å². The molecule has 2 saturated heterocycles. The van der Waals surface area contributed by atoms with Gasteiger partial charge in [-0.1, -0.05) is 71.8 Å². The van der Waals surface area contributed by atoms with Gasteiger partial charge in [0.05, 0.1) is 28.9 Å². The first-order chi connectivity index (χ1) is 21.1. The van der Waals surface area contributed by atoms with Crippen molar-refractivity contribution in [1.82, 2.24) is 4.90 Å². The number of urea groups is 1.